The second-order valence-corrected chi connectivity index (χ2v) is 5.53. The standard InChI is InChI=1S/C14H21F2N3O2/c15-13(16)10-5-8-19(9-6-10)14(21)17-7-1-2-12(20)18-11-3-4-11/h11H,1-9H2,(H,17,21)(H,18,20). The van der Waals surface area contributed by atoms with Crippen molar-refractivity contribution in [3.8, 4) is 0 Å². The molecule has 21 heavy (non-hydrogen) atoms. The van der Waals surface area contributed by atoms with Crippen molar-refractivity contribution in [2.75, 3.05) is 19.6 Å². The monoisotopic (exact) mass is 301 g/mol. The van der Waals surface area contributed by atoms with Crippen LogP contribution in [0.15, 0.2) is 11.7 Å². The van der Waals surface area contributed by atoms with Gasteiger partial charge in [0.25, 0.3) is 6.08 Å². The van der Waals surface area contributed by atoms with Crippen molar-refractivity contribution >= 4 is 11.9 Å². The van der Waals surface area contributed by atoms with Crippen molar-refractivity contribution in [1.29, 1.82) is 0 Å². The highest BCUT2D eigenvalue weighted by molar-refractivity contribution is 5.77. The van der Waals surface area contributed by atoms with Gasteiger partial charge >= 0.3 is 6.03 Å². The van der Waals surface area contributed by atoms with Crippen molar-refractivity contribution in [3.63, 3.8) is 0 Å². The van der Waals surface area contributed by atoms with Crippen LogP contribution < -0.4 is 10.6 Å². The number of piperidine rings is 1. The zero-order valence-electron chi connectivity index (χ0n) is 12.0. The number of carbonyl (C=O) groups is 2. The van der Waals surface area contributed by atoms with E-state index < -0.39 is 6.08 Å². The Morgan fingerprint density at radius 1 is 1.19 bits per heavy atom. The smallest absolute Gasteiger partial charge is 0.317 e. The third-order valence-corrected chi connectivity index (χ3v) is 3.72. The Labute approximate surface area is 122 Å². The number of hydrogen-bond donors (Lipinski definition) is 2. The number of nitrogens with zero attached hydrogens (tertiary/aromatic N) is 1. The lowest BCUT2D eigenvalue weighted by molar-refractivity contribution is -0.121. The quantitative estimate of drug-likeness (QED) is 0.763. The summed E-state index contributed by atoms with van der Waals surface area (Å²) in [5.41, 5.74) is 0.149. The van der Waals surface area contributed by atoms with Gasteiger partial charge in [0.1, 0.15) is 0 Å². The fraction of sp³-hybridized carbons (Fsp3) is 0.714. The van der Waals surface area contributed by atoms with Crippen LogP contribution in [0.2, 0.25) is 0 Å². The average molecular weight is 301 g/mol. The van der Waals surface area contributed by atoms with Gasteiger partial charge in [0.2, 0.25) is 5.91 Å². The molecule has 0 aromatic carbocycles. The van der Waals surface area contributed by atoms with E-state index in [4.69, 9.17) is 0 Å². The second-order valence-electron chi connectivity index (χ2n) is 5.53. The number of rotatable bonds is 5. The topological polar surface area (TPSA) is 61.4 Å². The first-order chi connectivity index (χ1) is 10.1. The number of nitrogens with one attached hydrogen (secondary N) is 2. The first-order valence-corrected chi connectivity index (χ1v) is 7.41. The van der Waals surface area contributed by atoms with Crippen LogP contribution in [0.25, 0.3) is 0 Å². The molecule has 5 nitrogen and oxygen atoms in total. The summed E-state index contributed by atoms with van der Waals surface area (Å²) in [6, 6.07) is 0.120. The normalized spacial score (nSPS) is 18.4. The van der Waals surface area contributed by atoms with E-state index in [2.05, 4.69) is 10.6 Å². The third kappa shape index (κ3) is 5.32. The van der Waals surface area contributed by atoms with Gasteiger partial charge in [-0.2, -0.15) is 8.78 Å². The van der Waals surface area contributed by atoms with Gasteiger partial charge in [0.15, 0.2) is 0 Å². The van der Waals surface area contributed by atoms with Crippen LogP contribution in [0.4, 0.5) is 13.6 Å². The Morgan fingerprint density at radius 3 is 2.43 bits per heavy atom. The largest absolute Gasteiger partial charge is 0.353 e. The summed E-state index contributed by atoms with van der Waals surface area (Å²) in [5, 5.41) is 5.61. The molecule has 2 N–H and O–H groups in total. The lowest BCUT2D eigenvalue weighted by Gasteiger charge is -2.28. The molecule has 0 spiro atoms. The van der Waals surface area contributed by atoms with E-state index in [0.29, 0.717) is 38.5 Å². The molecule has 2 aliphatic rings. The van der Waals surface area contributed by atoms with Gasteiger partial charge in [0.05, 0.1) is 0 Å². The molecule has 1 heterocycles. The van der Waals surface area contributed by atoms with E-state index in [-0.39, 0.29) is 30.4 Å². The van der Waals surface area contributed by atoms with E-state index in [0.717, 1.165) is 12.8 Å². The number of amides is 3. The molecule has 3 amide bonds. The average Bonchev–Trinajstić information content (AvgIpc) is 3.27. The maximum absolute atomic E-state index is 12.4. The SMILES string of the molecule is O=C(CCCNC(=O)N1CCC(=C(F)F)CC1)NC1CC1. The lowest BCUT2D eigenvalue weighted by Crippen LogP contribution is -2.43. The molecule has 7 heteroatoms. The number of halogens is 2. The van der Waals surface area contributed by atoms with Crippen LogP contribution in [0.3, 0.4) is 0 Å². The highest BCUT2D eigenvalue weighted by Crippen LogP contribution is 2.21. The molecule has 1 saturated carbocycles. The number of urea groups is 1. The minimum absolute atomic E-state index is 0.0259. The van der Waals surface area contributed by atoms with Gasteiger partial charge in [0, 0.05) is 32.1 Å². The van der Waals surface area contributed by atoms with Crippen molar-refractivity contribution in [3.05, 3.63) is 11.7 Å². The summed E-state index contributed by atoms with van der Waals surface area (Å²) in [5.74, 6) is 0.0259. The molecule has 1 aliphatic carbocycles. The van der Waals surface area contributed by atoms with Crippen LogP contribution in [-0.4, -0.2) is 42.5 Å². The summed E-state index contributed by atoms with van der Waals surface area (Å²) in [6.45, 7) is 1.06. The maximum atomic E-state index is 12.4. The second kappa shape index (κ2) is 7.38. The first kappa shape index (κ1) is 15.7. The first-order valence-electron chi connectivity index (χ1n) is 7.41. The molecule has 2 fully saturated rings. The Balaban J connectivity index is 1.57. The minimum Gasteiger partial charge on any atom is -0.353 e. The van der Waals surface area contributed by atoms with Gasteiger partial charge in [-0.3, -0.25) is 4.79 Å². The van der Waals surface area contributed by atoms with Crippen LogP contribution >= 0.6 is 0 Å². The van der Waals surface area contributed by atoms with Crippen LogP contribution in [0.1, 0.15) is 38.5 Å². The molecule has 0 aromatic heterocycles. The van der Waals surface area contributed by atoms with Gasteiger partial charge in [-0.05, 0) is 37.7 Å². The zero-order chi connectivity index (χ0) is 15.2. The van der Waals surface area contributed by atoms with Crippen LogP contribution in [0, 0.1) is 0 Å². The Kier molecular flexibility index (Phi) is 5.52. The van der Waals surface area contributed by atoms with Crippen molar-refractivity contribution in [2.45, 2.75) is 44.6 Å². The molecular formula is C14H21F2N3O2. The highest BCUT2D eigenvalue weighted by Gasteiger charge is 2.23. The molecule has 0 aromatic rings. The van der Waals surface area contributed by atoms with Crippen molar-refractivity contribution in [2.24, 2.45) is 0 Å². The summed E-state index contributed by atoms with van der Waals surface area (Å²) in [6.07, 6.45) is 1.97. The van der Waals surface area contributed by atoms with E-state index >= 15 is 0 Å². The molecular weight excluding hydrogens is 280 g/mol. The highest BCUT2D eigenvalue weighted by atomic mass is 19.3. The molecule has 118 valence electrons. The number of carbonyl (C=O) groups excluding carboxylic acids is 2. The molecule has 1 saturated heterocycles. The minimum atomic E-state index is -1.61. The molecule has 0 radical (unpaired) electrons. The molecule has 0 atom stereocenters. The van der Waals surface area contributed by atoms with Crippen LogP contribution in [-0.2, 0) is 4.79 Å². The number of hydrogen-bond acceptors (Lipinski definition) is 2. The fourth-order valence-electron chi connectivity index (χ4n) is 2.25. The Hall–Kier alpha value is -1.66. The van der Waals surface area contributed by atoms with Gasteiger partial charge in [-0.1, -0.05) is 0 Å². The van der Waals surface area contributed by atoms with E-state index in [1.54, 1.807) is 0 Å². The fourth-order valence-corrected chi connectivity index (χ4v) is 2.25. The van der Waals surface area contributed by atoms with E-state index in [1.165, 1.54) is 4.90 Å². The molecule has 2 rings (SSSR count). The Morgan fingerprint density at radius 2 is 1.86 bits per heavy atom. The third-order valence-electron chi connectivity index (χ3n) is 3.72. The summed E-state index contributed by atoms with van der Waals surface area (Å²) < 4.78 is 24.8. The molecule has 1 aliphatic heterocycles. The molecule has 0 unspecified atom stereocenters. The van der Waals surface area contributed by atoms with Crippen LogP contribution in [0.5, 0.6) is 0 Å². The summed E-state index contributed by atoms with van der Waals surface area (Å²) >= 11 is 0. The molecule has 0 bridgehead atoms. The zero-order valence-corrected chi connectivity index (χ0v) is 12.0. The predicted molar refractivity (Wildman–Crippen MR) is 73.8 cm³/mol. The maximum Gasteiger partial charge on any atom is 0.317 e. The van der Waals surface area contributed by atoms with E-state index in [9.17, 15) is 18.4 Å². The summed E-state index contributed by atoms with van der Waals surface area (Å²) in [7, 11) is 0. The Bertz CT molecular complexity index is 422. The predicted octanol–water partition coefficient (Wildman–Crippen LogP) is 2.00. The number of likely N-dealkylation sites (tertiary alicyclic amines) is 1. The van der Waals surface area contributed by atoms with E-state index in [1.807, 2.05) is 0 Å². The summed E-state index contributed by atoms with van der Waals surface area (Å²) in [4.78, 5) is 24.8. The lowest BCUT2D eigenvalue weighted by atomic mass is 10.1. The van der Waals surface area contributed by atoms with Gasteiger partial charge in [-0.15, -0.1) is 0 Å². The van der Waals surface area contributed by atoms with Gasteiger partial charge in [-0.25, -0.2) is 4.79 Å². The van der Waals surface area contributed by atoms with Gasteiger partial charge < -0.3 is 15.5 Å². The van der Waals surface area contributed by atoms with Crippen molar-refractivity contribution in [1.82, 2.24) is 15.5 Å². The van der Waals surface area contributed by atoms with Crippen molar-refractivity contribution < 1.29 is 18.4 Å².